The fourth-order valence-electron chi connectivity index (χ4n) is 4.74. The smallest absolute Gasteiger partial charge is 0.403 e. The van der Waals surface area contributed by atoms with Crippen LogP contribution in [-0.2, 0) is 25.9 Å². The number of thiophene rings is 1. The van der Waals surface area contributed by atoms with E-state index in [0.717, 1.165) is 68.9 Å². The number of benzene rings is 1. The maximum atomic E-state index is 12.9. The summed E-state index contributed by atoms with van der Waals surface area (Å²) in [5, 5.41) is 10.7. The van der Waals surface area contributed by atoms with Crippen LogP contribution in [-0.4, -0.2) is 28.9 Å². The minimum absolute atomic E-state index is 0.0952. The number of ether oxygens (including phenoxy) is 1. The number of rotatable bonds is 5. The molecular weight excluding hydrogens is 513 g/mol. The number of alkyl halides is 3. The van der Waals surface area contributed by atoms with Crippen LogP contribution in [0.4, 0.5) is 13.2 Å². The molecule has 6 nitrogen and oxygen atoms in total. The van der Waals surface area contributed by atoms with E-state index < -0.39 is 12.2 Å². The summed E-state index contributed by atoms with van der Waals surface area (Å²) in [5.74, 6) is 1.46. The van der Waals surface area contributed by atoms with Crippen molar-refractivity contribution in [1.29, 1.82) is 0 Å². The Bertz CT molecular complexity index is 1450. The molecule has 0 saturated heterocycles. The van der Waals surface area contributed by atoms with Gasteiger partial charge in [0.25, 0.3) is 0 Å². The first kappa shape index (κ1) is 23.7. The Labute approximate surface area is 213 Å². The number of pyridine rings is 1. The quantitative estimate of drug-likeness (QED) is 0.329. The van der Waals surface area contributed by atoms with Gasteiger partial charge in [-0.3, -0.25) is 4.98 Å². The van der Waals surface area contributed by atoms with Gasteiger partial charge >= 0.3 is 6.18 Å². The molecule has 36 heavy (non-hydrogen) atoms. The summed E-state index contributed by atoms with van der Waals surface area (Å²) < 4.78 is 51.8. The fraction of sp³-hybridized carbons (Fsp3) is 0.360. The number of hydrogen-bond acceptors (Lipinski definition) is 7. The molecule has 1 unspecified atom stereocenters. The number of halogens is 4. The van der Waals surface area contributed by atoms with Crippen molar-refractivity contribution in [3.63, 3.8) is 0 Å². The van der Waals surface area contributed by atoms with Crippen molar-refractivity contribution in [2.75, 3.05) is 6.54 Å². The van der Waals surface area contributed by atoms with E-state index in [1.807, 2.05) is 24.3 Å². The van der Waals surface area contributed by atoms with E-state index in [0.29, 0.717) is 23.5 Å². The lowest BCUT2D eigenvalue weighted by atomic mass is 9.99. The van der Waals surface area contributed by atoms with Gasteiger partial charge in [-0.05, 0) is 31.2 Å². The van der Waals surface area contributed by atoms with Gasteiger partial charge < -0.3 is 19.9 Å². The zero-order valence-corrected chi connectivity index (χ0v) is 20.8. The Hall–Kier alpha value is -2.66. The molecule has 0 bridgehead atoms. The summed E-state index contributed by atoms with van der Waals surface area (Å²) in [4.78, 5) is 5.20. The zero-order valence-electron chi connectivity index (χ0n) is 19.2. The lowest BCUT2D eigenvalue weighted by molar-refractivity contribution is -0.151. The average molecular weight is 535 g/mol. The van der Waals surface area contributed by atoms with Gasteiger partial charge in [0.2, 0.25) is 0 Å². The first-order chi connectivity index (χ1) is 17.3. The van der Waals surface area contributed by atoms with E-state index in [-0.39, 0.29) is 12.6 Å². The van der Waals surface area contributed by atoms with E-state index in [1.54, 1.807) is 6.20 Å². The molecule has 0 saturated carbocycles. The lowest BCUT2D eigenvalue weighted by Crippen LogP contribution is -2.38. The third kappa shape index (κ3) is 4.26. The highest BCUT2D eigenvalue weighted by molar-refractivity contribution is 7.19. The molecule has 1 aromatic carbocycles. The van der Waals surface area contributed by atoms with E-state index in [9.17, 15) is 13.2 Å². The summed E-state index contributed by atoms with van der Waals surface area (Å²) in [6.07, 6.45) is -1.49. The Balaban J connectivity index is 1.34. The second-order valence-corrected chi connectivity index (χ2v) is 10.7. The third-order valence-corrected chi connectivity index (χ3v) is 8.03. The Morgan fingerprint density at radius 1 is 1.28 bits per heavy atom. The number of nitrogens with one attached hydrogen (secondary N) is 2. The molecule has 0 aliphatic carbocycles. The molecule has 11 heteroatoms. The SMILES string of the molecule is CC(NCc1cc2nccc(-c3cc(Cl)cc4c3O[C@@H](c3onc5c3CNCC5)C4)c2s1)C(F)(F)F. The number of fused-ring (bicyclic) bond motifs is 3. The predicted molar refractivity (Wildman–Crippen MR) is 131 cm³/mol. The molecule has 6 rings (SSSR count). The molecule has 2 atom stereocenters. The number of aromatic nitrogens is 2. The molecule has 0 fully saturated rings. The van der Waals surface area contributed by atoms with Crippen LogP contribution < -0.4 is 15.4 Å². The van der Waals surface area contributed by atoms with Crippen molar-refractivity contribution >= 4 is 33.2 Å². The summed E-state index contributed by atoms with van der Waals surface area (Å²) in [6.45, 7) is 2.78. The van der Waals surface area contributed by atoms with E-state index in [4.69, 9.17) is 20.9 Å². The van der Waals surface area contributed by atoms with Crippen LogP contribution in [0, 0.1) is 0 Å². The van der Waals surface area contributed by atoms with Gasteiger partial charge in [-0.15, -0.1) is 11.3 Å². The largest absolute Gasteiger partial charge is 0.481 e. The van der Waals surface area contributed by atoms with Gasteiger partial charge in [-0.2, -0.15) is 13.2 Å². The van der Waals surface area contributed by atoms with Crippen molar-refractivity contribution in [2.45, 2.75) is 51.2 Å². The molecule has 2 aliphatic rings. The summed E-state index contributed by atoms with van der Waals surface area (Å²) in [7, 11) is 0. The minimum Gasteiger partial charge on any atom is -0.481 e. The van der Waals surface area contributed by atoms with Gasteiger partial charge in [0.05, 0.1) is 15.9 Å². The summed E-state index contributed by atoms with van der Waals surface area (Å²) in [6, 6.07) is 5.87. The van der Waals surface area contributed by atoms with Crippen LogP contribution in [0.25, 0.3) is 21.3 Å². The van der Waals surface area contributed by atoms with Gasteiger partial charge in [0, 0.05) is 70.8 Å². The van der Waals surface area contributed by atoms with E-state index >= 15 is 0 Å². The molecule has 0 amide bonds. The highest BCUT2D eigenvalue weighted by Gasteiger charge is 2.36. The molecule has 5 heterocycles. The Morgan fingerprint density at radius 3 is 2.97 bits per heavy atom. The maximum Gasteiger partial charge on any atom is 0.403 e. The van der Waals surface area contributed by atoms with Crippen LogP contribution in [0.5, 0.6) is 5.75 Å². The highest BCUT2D eigenvalue weighted by atomic mass is 35.5. The second kappa shape index (κ2) is 9.02. The molecule has 4 aromatic rings. The molecule has 188 valence electrons. The van der Waals surface area contributed by atoms with Crippen LogP contribution >= 0.6 is 22.9 Å². The van der Waals surface area contributed by atoms with Crippen molar-refractivity contribution in [3.8, 4) is 16.9 Å². The minimum atomic E-state index is -4.30. The first-order valence-electron chi connectivity index (χ1n) is 11.6. The monoisotopic (exact) mass is 534 g/mol. The predicted octanol–water partition coefficient (Wildman–Crippen LogP) is 5.97. The molecule has 2 aliphatic heterocycles. The zero-order chi connectivity index (χ0) is 25.0. The molecule has 3 aromatic heterocycles. The Morgan fingerprint density at radius 2 is 2.14 bits per heavy atom. The van der Waals surface area contributed by atoms with Crippen LogP contribution in [0.1, 0.15) is 40.5 Å². The normalized spacial score (nSPS) is 18.2. The molecule has 0 spiro atoms. The van der Waals surface area contributed by atoms with Crippen molar-refractivity contribution < 1.29 is 22.4 Å². The maximum absolute atomic E-state index is 12.9. The van der Waals surface area contributed by atoms with Crippen LogP contribution in [0.15, 0.2) is 35.0 Å². The van der Waals surface area contributed by atoms with Gasteiger partial charge in [0.1, 0.15) is 11.8 Å². The van der Waals surface area contributed by atoms with Crippen molar-refractivity contribution in [2.24, 2.45) is 0 Å². The summed E-state index contributed by atoms with van der Waals surface area (Å²) >= 11 is 7.93. The molecular formula is C25H22ClF3N4O2S. The Kier molecular flexibility index (Phi) is 5.94. The fourth-order valence-corrected chi connectivity index (χ4v) is 6.08. The third-order valence-electron chi connectivity index (χ3n) is 6.66. The van der Waals surface area contributed by atoms with Crippen LogP contribution in [0.2, 0.25) is 5.02 Å². The van der Waals surface area contributed by atoms with Gasteiger partial charge in [0.15, 0.2) is 11.9 Å². The van der Waals surface area contributed by atoms with E-state index in [1.165, 1.54) is 11.3 Å². The summed E-state index contributed by atoms with van der Waals surface area (Å²) in [5.41, 5.74) is 5.41. The average Bonchev–Trinajstić information content (AvgIpc) is 3.56. The standard InChI is InChI=1S/C25H22ClF3N4O2S/c1-12(25(27,28)29)32-10-15-9-20-24(36-15)16(2-5-31-20)17-8-14(26)6-13-7-21(34-22(13)17)23-18-11-30-4-3-19(18)33-35-23/h2,5-6,8-9,12,21,30,32H,3-4,7,10-11H2,1H3/t12?,21-/m1/s1. The molecule has 2 N–H and O–H groups in total. The topological polar surface area (TPSA) is 72.2 Å². The van der Waals surface area contributed by atoms with Gasteiger partial charge in [-0.1, -0.05) is 16.8 Å². The molecule has 0 radical (unpaired) electrons. The van der Waals surface area contributed by atoms with Crippen LogP contribution in [0.3, 0.4) is 0 Å². The highest BCUT2D eigenvalue weighted by Crippen LogP contribution is 2.48. The van der Waals surface area contributed by atoms with Gasteiger partial charge in [-0.25, -0.2) is 0 Å². The van der Waals surface area contributed by atoms with E-state index in [2.05, 4.69) is 20.8 Å². The number of hydrogen-bond donors (Lipinski definition) is 2. The lowest BCUT2D eigenvalue weighted by Gasteiger charge is -2.16. The first-order valence-corrected chi connectivity index (χ1v) is 12.8. The van der Waals surface area contributed by atoms with Crippen molar-refractivity contribution in [3.05, 3.63) is 62.9 Å². The van der Waals surface area contributed by atoms with Crippen molar-refractivity contribution in [1.82, 2.24) is 20.8 Å². The second-order valence-electron chi connectivity index (χ2n) is 9.08. The number of nitrogens with zero attached hydrogens (tertiary/aromatic N) is 2.